The van der Waals surface area contributed by atoms with E-state index in [1.807, 2.05) is 80.5 Å². The first-order valence-corrected chi connectivity index (χ1v) is 32.2. The van der Waals surface area contributed by atoms with Crippen LogP contribution in [0.5, 0.6) is 0 Å². The summed E-state index contributed by atoms with van der Waals surface area (Å²) in [6.45, 7) is 23.7. The van der Waals surface area contributed by atoms with E-state index in [1.54, 1.807) is 6.92 Å². The fourth-order valence-corrected chi connectivity index (χ4v) is 16.4. The zero-order valence-electron chi connectivity index (χ0n) is 54.4. The minimum Gasteiger partial charge on any atom is -0.756 e. The van der Waals surface area contributed by atoms with Gasteiger partial charge in [-0.3, -0.25) is 53.1 Å². The number of phosphoric acid groups is 1. The number of aromatic nitrogens is 2. The first-order chi connectivity index (χ1) is 42.8. The van der Waals surface area contributed by atoms with Crippen LogP contribution in [-0.4, -0.2) is 127 Å². The van der Waals surface area contributed by atoms with E-state index in [4.69, 9.17) is 80.3 Å². The van der Waals surface area contributed by atoms with Crippen LogP contribution >= 0.6 is 7.82 Å². The molecule has 28 nitrogen and oxygen atoms in total. The molecular weight excluding hydrogens is 1270 g/mol. The number of carbonyl (C=O) groups excluding carboxylic acids is 7. The summed E-state index contributed by atoms with van der Waals surface area (Å²) in [5.41, 5.74) is 36.7. The van der Waals surface area contributed by atoms with E-state index in [2.05, 4.69) is 10.3 Å². The number of imidazole rings is 1. The molecule has 0 aliphatic carbocycles. The van der Waals surface area contributed by atoms with E-state index in [0.717, 1.165) is 11.1 Å². The quantitative estimate of drug-likeness (QED) is 0.0481. The number of carbonyl (C=O) groups is 7. The first kappa shape index (κ1) is 75.0. The smallest absolute Gasteiger partial charge is 0.756 e. The van der Waals surface area contributed by atoms with Crippen molar-refractivity contribution in [3.8, 4) is 0 Å². The molecule has 6 aliphatic rings. The van der Waals surface area contributed by atoms with Gasteiger partial charge in [0.25, 0.3) is 7.82 Å². The number of fused-ring (bicyclic) bond motifs is 7. The molecule has 0 radical (unpaired) electrons. The maximum atomic E-state index is 14.4. The van der Waals surface area contributed by atoms with Gasteiger partial charge in [-0.25, -0.2) is 4.98 Å². The van der Waals surface area contributed by atoms with Crippen LogP contribution in [0.4, 0.5) is 0 Å². The Morgan fingerprint density at radius 1 is 0.806 bits per heavy atom. The zero-order valence-corrected chi connectivity index (χ0v) is 56.4. The van der Waals surface area contributed by atoms with Crippen LogP contribution < -0.4 is 44.6 Å². The Hall–Kier alpha value is -7.00. The molecule has 8 rings (SSSR count). The number of phosphoric ester groups is 1. The number of nitrogens with one attached hydrogen (secondary N) is 1. The fraction of sp³-hybridized carbons (Fsp3) is 0.619. The summed E-state index contributed by atoms with van der Waals surface area (Å²) < 4.78 is 31.9. The Kier molecular flexibility index (Phi) is 23.0. The van der Waals surface area contributed by atoms with E-state index in [0.29, 0.717) is 56.4 Å². The number of benzene rings is 1. The van der Waals surface area contributed by atoms with Gasteiger partial charge in [0.05, 0.1) is 41.3 Å². The van der Waals surface area contributed by atoms with Crippen LogP contribution in [0.25, 0.3) is 16.4 Å². The van der Waals surface area contributed by atoms with Gasteiger partial charge in [0.1, 0.15) is 18.3 Å². The molecule has 7 heterocycles. The van der Waals surface area contributed by atoms with Gasteiger partial charge in [-0.15, -0.1) is 0 Å². The van der Waals surface area contributed by atoms with Crippen LogP contribution in [0.3, 0.4) is 0 Å². The van der Waals surface area contributed by atoms with Crippen molar-refractivity contribution >= 4 is 77.3 Å². The van der Waals surface area contributed by atoms with Crippen molar-refractivity contribution in [1.82, 2.24) is 14.9 Å². The van der Waals surface area contributed by atoms with Gasteiger partial charge in [-0.1, -0.05) is 40.7 Å². The van der Waals surface area contributed by atoms with Gasteiger partial charge in [0.2, 0.25) is 41.4 Å². The third kappa shape index (κ3) is 14.6. The molecule has 15 atom stereocenters. The van der Waals surface area contributed by atoms with Crippen molar-refractivity contribution in [3.05, 3.63) is 75.8 Å². The molecule has 2 fully saturated rings. The third-order valence-electron chi connectivity index (χ3n) is 20.5. The number of aliphatic hydroxyl groups excluding tert-OH is 2. The van der Waals surface area contributed by atoms with Gasteiger partial charge in [0, 0.05) is 108 Å². The molecule has 508 valence electrons. The Balaban J connectivity index is 0.00000453. The van der Waals surface area contributed by atoms with Gasteiger partial charge in [0.15, 0.2) is 6.23 Å². The molecule has 8 bridgehead atoms. The number of primary amides is 6. The van der Waals surface area contributed by atoms with Gasteiger partial charge < -0.3 is 90.3 Å². The second-order valence-corrected chi connectivity index (χ2v) is 28.3. The molecule has 2 saturated heterocycles. The Morgan fingerprint density at radius 2 is 1.39 bits per heavy atom. The summed E-state index contributed by atoms with van der Waals surface area (Å²) in [6, 6.07) is 2.65. The van der Waals surface area contributed by atoms with E-state index >= 15 is 0 Å². The Morgan fingerprint density at radius 3 is 1.96 bits per heavy atom. The molecule has 0 saturated carbocycles. The average molecular weight is 1360 g/mol. The van der Waals surface area contributed by atoms with E-state index in [1.165, 1.54) is 17.8 Å². The van der Waals surface area contributed by atoms with Crippen molar-refractivity contribution in [1.29, 1.82) is 5.26 Å². The summed E-state index contributed by atoms with van der Waals surface area (Å²) in [5, 5.41) is 36.4. The predicted molar refractivity (Wildman–Crippen MR) is 337 cm³/mol. The number of aryl methyl sites for hydroxylation is 2. The first-order valence-electron chi connectivity index (χ1n) is 30.7. The van der Waals surface area contributed by atoms with Crippen LogP contribution in [0.15, 0.2) is 67.8 Å². The number of hydrogen-bond donors (Lipinski definition) is 9. The predicted octanol–water partition coefficient (Wildman–Crippen LogP) is 3.41. The van der Waals surface area contributed by atoms with Gasteiger partial charge in [-0.05, 0) is 119 Å². The molecule has 30 heteroatoms. The second-order valence-electron chi connectivity index (χ2n) is 27.0. The largest absolute Gasteiger partial charge is 3.00 e. The number of allylic oxidation sites excluding steroid dienone is 6. The Bertz CT molecular complexity index is 3600. The van der Waals surface area contributed by atoms with Crippen molar-refractivity contribution in [2.75, 3.05) is 13.2 Å². The van der Waals surface area contributed by atoms with Crippen molar-refractivity contribution in [2.45, 2.75) is 189 Å². The molecule has 1 aromatic carbocycles. The maximum absolute atomic E-state index is 14.4. The summed E-state index contributed by atoms with van der Waals surface area (Å²) in [5.74, 6) is -7.40. The van der Waals surface area contributed by atoms with E-state index in [-0.39, 0.29) is 94.0 Å². The number of aliphatic imine (C=N–C) groups is 3. The summed E-state index contributed by atoms with van der Waals surface area (Å²) in [7, 11) is -5.32. The van der Waals surface area contributed by atoms with Crippen LogP contribution in [0, 0.1) is 71.0 Å². The minimum absolute atomic E-state index is 0. The van der Waals surface area contributed by atoms with Crippen molar-refractivity contribution in [2.24, 2.45) is 94.7 Å². The molecule has 1 aromatic heterocycles. The number of hydrogen-bond acceptors (Lipinski definition) is 19. The normalized spacial score (nSPS) is 33.1. The van der Waals surface area contributed by atoms with Crippen LogP contribution in [-0.2, 0) is 68.7 Å². The average Bonchev–Trinajstić information content (AvgIpc) is 1.53. The number of ether oxygens (including phenoxy) is 1. The standard InChI is InChI=1S/C62H90N13O14P.CN.Co/c1-29-20-39-40(21-30(29)2)75(28-70-39)57-52(84)53(41(27-76)87-57)89-90(85,86)88-31(3)26-69-49(83)18-19-59(8)37(22-46(66)80)56-62(11)61(10,25-48(68)82)36(14-17-45(65)79)51(74-62)33(5)55-60(9,24-47(67)81)34(12-15-43(63)77)38(71-55)23-42-58(6,7)35(13-16-44(64)78)50(72-42)32(4)54(59)73-56;1-2;/h20-21,23,28,31,34-37,41,52-53,56-57,76,84H,12-19,22,24-27H2,1-11H3,(H15,63,64,65,66,67,68,69,71,72,73,74,77,78,79,80,81,82,83,85,86);;/q;-1;+3/p-2/t31-,34-,35-,36-,37+,41-,52-,53-,56?,57+,59-,60+,61+,62+;;/m1../s1/i;;1+1. The number of nitrogens with zero attached hydrogens (tertiary/aromatic N) is 7. The van der Waals surface area contributed by atoms with Gasteiger partial charge in [-0.2, -0.15) is 5.70 Å². The number of nitrogens with two attached hydrogens (primary N) is 6. The molecule has 15 N–H and O–H groups in total. The number of rotatable bonds is 26. The maximum Gasteiger partial charge on any atom is 3.00 e. The van der Waals surface area contributed by atoms with E-state index < -0.39 is 143 Å². The monoisotopic (exact) mass is 1360 g/mol. The summed E-state index contributed by atoms with van der Waals surface area (Å²) >= 11 is 0. The topological polar surface area (TPSA) is 489 Å². The molecule has 2 aromatic rings. The Labute approximate surface area is 551 Å². The molecule has 93 heavy (non-hydrogen) atoms. The summed E-state index contributed by atoms with van der Waals surface area (Å²) in [4.78, 5) is 128. The SMILES string of the molecule is C/C1=C2/[N-]C([C@H](CC(N)=O)[C@@]2(C)CCC(=O)NC[C@@H](C)OP(=O)([O-])O[C@H]2[C@@H](O)[C@@H](n3cnc4cc(C)c(C)cc43)O[C@@H]2CO)[C@]2(C)N=C(/C(C)=C3N=C(/C=C4N=C1[C@@H](CCC(N)=O)C\4(C)C)[C@@H](CCC(N)=O)[C@]\3(C)CC(N)=O)[C@@H](CCC(N)=O)[C@]2(C)CC(N)=O.[60Co+3].[C-]#N. The molecular formula is C63H88CoN14O14P. The van der Waals surface area contributed by atoms with E-state index in [9.17, 15) is 53.2 Å². The second kappa shape index (κ2) is 28.5. The zero-order chi connectivity index (χ0) is 68.7. The van der Waals surface area contributed by atoms with Crippen molar-refractivity contribution < 1.29 is 83.8 Å². The molecule has 6 aliphatic heterocycles. The minimum atomic E-state index is -5.32. The summed E-state index contributed by atoms with van der Waals surface area (Å²) in [6.07, 6.45) is -4.79. The van der Waals surface area contributed by atoms with Crippen molar-refractivity contribution in [3.63, 3.8) is 0 Å². The van der Waals surface area contributed by atoms with Gasteiger partial charge >= 0.3 is 16.8 Å². The van der Waals surface area contributed by atoms with Crippen LogP contribution in [0.2, 0.25) is 0 Å². The molecule has 2 unspecified atom stereocenters. The fourth-order valence-electron chi connectivity index (χ4n) is 15.3. The third-order valence-corrected chi connectivity index (χ3v) is 21.6. The number of aliphatic hydroxyl groups is 2. The number of amides is 7. The molecule has 7 amide bonds. The molecule has 0 spiro atoms. The van der Waals surface area contributed by atoms with Crippen LogP contribution in [0.1, 0.15) is 150 Å².